The molecule has 3 aliphatic heterocycles. The molecule has 0 bridgehead atoms. The van der Waals surface area contributed by atoms with Gasteiger partial charge in [0.05, 0.1) is 24.2 Å². The number of ether oxygens (including phenoxy) is 2. The molecule has 2 saturated heterocycles. The molecular formula is C25H38N6O3. The van der Waals surface area contributed by atoms with E-state index in [0.717, 1.165) is 43.9 Å². The van der Waals surface area contributed by atoms with Gasteiger partial charge in [0, 0.05) is 44.0 Å². The van der Waals surface area contributed by atoms with E-state index in [4.69, 9.17) is 14.5 Å². The number of aromatic nitrogens is 1. The van der Waals surface area contributed by atoms with Gasteiger partial charge in [0.1, 0.15) is 12.2 Å². The summed E-state index contributed by atoms with van der Waals surface area (Å²) in [6.45, 7) is 10.8. The number of hydrogen-bond acceptors (Lipinski definition) is 8. The van der Waals surface area contributed by atoms with E-state index in [9.17, 15) is 10.1 Å². The summed E-state index contributed by atoms with van der Waals surface area (Å²) in [6, 6.07) is 4.52. The van der Waals surface area contributed by atoms with Gasteiger partial charge in [-0.1, -0.05) is 0 Å². The SMILES string of the molecule is CN1CCCC1COc1cc(N2CCN(C(=O)OC(C)(C)C)C(CC#N)C2)c2c(n1)CNCC2. The van der Waals surface area contributed by atoms with Crippen LogP contribution in [0.3, 0.4) is 0 Å². The molecule has 0 radical (unpaired) electrons. The summed E-state index contributed by atoms with van der Waals surface area (Å²) in [6.07, 6.45) is 3.18. The molecule has 9 nitrogen and oxygen atoms in total. The first-order chi connectivity index (χ1) is 16.2. The quantitative estimate of drug-likeness (QED) is 0.702. The molecule has 1 aromatic heterocycles. The Morgan fingerprint density at radius 3 is 2.82 bits per heavy atom. The van der Waals surface area contributed by atoms with Crippen LogP contribution >= 0.6 is 0 Å². The molecule has 1 amide bonds. The largest absolute Gasteiger partial charge is 0.476 e. The van der Waals surface area contributed by atoms with Gasteiger partial charge in [-0.15, -0.1) is 0 Å². The van der Waals surface area contributed by atoms with Crippen LogP contribution in [0.2, 0.25) is 0 Å². The predicted molar refractivity (Wildman–Crippen MR) is 130 cm³/mol. The highest BCUT2D eigenvalue weighted by Crippen LogP contribution is 2.32. The van der Waals surface area contributed by atoms with Crippen molar-refractivity contribution in [3.8, 4) is 11.9 Å². The van der Waals surface area contributed by atoms with Crippen molar-refractivity contribution in [2.75, 3.05) is 51.3 Å². The zero-order valence-corrected chi connectivity index (χ0v) is 21.0. The molecule has 0 aromatic carbocycles. The van der Waals surface area contributed by atoms with Gasteiger partial charge in [0.25, 0.3) is 0 Å². The van der Waals surface area contributed by atoms with Gasteiger partial charge in [-0.2, -0.15) is 5.26 Å². The minimum absolute atomic E-state index is 0.226. The number of hydrogen-bond donors (Lipinski definition) is 1. The van der Waals surface area contributed by atoms with Crippen molar-refractivity contribution in [1.29, 1.82) is 5.26 Å². The maximum atomic E-state index is 12.8. The average molecular weight is 471 g/mol. The van der Waals surface area contributed by atoms with E-state index >= 15 is 0 Å². The van der Waals surface area contributed by atoms with E-state index < -0.39 is 5.60 Å². The van der Waals surface area contributed by atoms with Crippen molar-refractivity contribution in [3.05, 3.63) is 17.3 Å². The van der Waals surface area contributed by atoms with Gasteiger partial charge in [0.2, 0.25) is 5.88 Å². The molecule has 3 aliphatic rings. The molecule has 4 rings (SSSR count). The first-order valence-corrected chi connectivity index (χ1v) is 12.4. The normalized spacial score (nSPS) is 23.4. The van der Waals surface area contributed by atoms with Crippen LogP contribution in [0.5, 0.6) is 5.88 Å². The standard InChI is InChI=1S/C25H38N6O3/c1-25(2,3)34-24(32)31-13-12-30(16-18(31)7-9-26)22-14-23(28-21-15-27-10-8-20(21)22)33-17-19-6-5-11-29(19)4/h14,18-19,27H,5-8,10-13,15-17H2,1-4H3. The van der Waals surface area contributed by atoms with Gasteiger partial charge in [-0.05, 0) is 65.7 Å². The summed E-state index contributed by atoms with van der Waals surface area (Å²) in [5.41, 5.74) is 2.82. The van der Waals surface area contributed by atoms with Crippen LogP contribution < -0.4 is 15.0 Å². The second-order valence-corrected chi connectivity index (χ2v) is 10.6. The highest BCUT2D eigenvalue weighted by molar-refractivity contribution is 5.69. The fourth-order valence-electron chi connectivity index (χ4n) is 5.07. The lowest BCUT2D eigenvalue weighted by Crippen LogP contribution is -2.56. The topological polar surface area (TPSA) is 94.0 Å². The Kier molecular flexibility index (Phi) is 7.48. The van der Waals surface area contributed by atoms with Crippen LogP contribution in [-0.4, -0.2) is 84.9 Å². The Bertz CT molecular complexity index is 924. The molecule has 9 heteroatoms. The Balaban J connectivity index is 1.54. The molecule has 0 aliphatic carbocycles. The molecule has 186 valence electrons. The number of pyridine rings is 1. The lowest BCUT2D eigenvalue weighted by atomic mass is 10.0. The van der Waals surface area contributed by atoms with Crippen LogP contribution in [0, 0.1) is 11.3 Å². The van der Waals surface area contributed by atoms with Crippen molar-refractivity contribution < 1.29 is 14.3 Å². The van der Waals surface area contributed by atoms with Crippen LogP contribution in [0.15, 0.2) is 6.07 Å². The van der Waals surface area contributed by atoms with Crippen molar-refractivity contribution in [2.24, 2.45) is 0 Å². The molecule has 1 N–H and O–H groups in total. The number of piperazine rings is 1. The van der Waals surface area contributed by atoms with Crippen LogP contribution in [-0.2, 0) is 17.7 Å². The van der Waals surface area contributed by atoms with Gasteiger partial charge < -0.3 is 29.5 Å². The van der Waals surface area contributed by atoms with E-state index in [1.165, 1.54) is 12.0 Å². The third-order valence-corrected chi connectivity index (χ3v) is 6.88. The lowest BCUT2D eigenvalue weighted by molar-refractivity contribution is 0.0145. The fraction of sp³-hybridized carbons (Fsp3) is 0.720. The van der Waals surface area contributed by atoms with Gasteiger partial charge >= 0.3 is 6.09 Å². The third-order valence-electron chi connectivity index (χ3n) is 6.88. The molecule has 1 aromatic rings. The molecular weight excluding hydrogens is 432 g/mol. The Morgan fingerprint density at radius 2 is 2.12 bits per heavy atom. The van der Waals surface area contributed by atoms with E-state index in [0.29, 0.717) is 38.2 Å². The number of anilines is 1. The summed E-state index contributed by atoms with van der Waals surface area (Å²) in [7, 11) is 2.15. The molecule has 2 atom stereocenters. The van der Waals surface area contributed by atoms with E-state index in [1.807, 2.05) is 20.8 Å². The maximum Gasteiger partial charge on any atom is 0.410 e. The molecule has 4 heterocycles. The maximum absolute atomic E-state index is 12.8. The number of amides is 1. The van der Waals surface area contributed by atoms with Crippen molar-refractivity contribution in [2.45, 2.75) is 70.7 Å². The first-order valence-electron chi connectivity index (χ1n) is 12.4. The number of fused-ring (bicyclic) bond motifs is 1. The lowest BCUT2D eigenvalue weighted by Gasteiger charge is -2.42. The second kappa shape index (κ2) is 10.4. The number of likely N-dealkylation sites (N-methyl/N-ethyl adjacent to an activating group) is 1. The van der Waals surface area contributed by atoms with Crippen LogP contribution in [0.1, 0.15) is 51.3 Å². The summed E-state index contributed by atoms with van der Waals surface area (Å²) in [4.78, 5) is 24.0. The highest BCUT2D eigenvalue weighted by Gasteiger charge is 2.35. The molecule has 34 heavy (non-hydrogen) atoms. The van der Waals surface area contributed by atoms with Crippen molar-refractivity contribution >= 4 is 11.8 Å². The zero-order chi connectivity index (χ0) is 24.3. The fourth-order valence-corrected chi connectivity index (χ4v) is 5.07. The van der Waals surface area contributed by atoms with Crippen molar-refractivity contribution in [1.82, 2.24) is 20.1 Å². The Labute approximate surface area is 203 Å². The summed E-state index contributed by atoms with van der Waals surface area (Å²) >= 11 is 0. The predicted octanol–water partition coefficient (Wildman–Crippen LogP) is 2.54. The highest BCUT2D eigenvalue weighted by atomic mass is 16.6. The third kappa shape index (κ3) is 5.73. The van der Waals surface area contributed by atoms with Crippen LogP contribution in [0.4, 0.5) is 10.5 Å². The Morgan fingerprint density at radius 1 is 1.29 bits per heavy atom. The monoisotopic (exact) mass is 470 g/mol. The summed E-state index contributed by atoms with van der Waals surface area (Å²) < 4.78 is 11.8. The number of nitrogens with one attached hydrogen (secondary N) is 1. The van der Waals surface area contributed by atoms with E-state index in [-0.39, 0.29) is 18.6 Å². The van der Waals surface area contributed by atoms with Gasteiger partial charge in [-0.3, -0.25) is 0 Å². The summed E-state index contributed by atoms with van der Waals surface area (Å²) in [5, 5.41) is 12.9. The number of nitriles is 1. The minimum atomic E-state index is -0.567. The molecule has 2 fully saturated rings. The number of carbonyl (C=O) groups is 1. The Hall–Kier alpha value is -2.57. The number of rotatable bonds is 5. The average Bonchev–Trinajstić information content (AvgIpc) is 3.20. The van der Waals surface area contributed by atoms with Crippen LogP contribution in [0.25, 0.3) is 0 Å². The van der Waals surface area contributed by atoms with Gasteiger partial charge in [-0.25, -0.2) is 9.78 Å². The number of carbonyl (C=O) groups excluding carboxylic acids is 1. The molecule has 0 saturated carbocycles. The zero-order valence-electron chi connectivity index (χ0n) is 21.0. The molecule has 0 spiro atoms. The second-order valence-electron chi connectivity index (χ2n) is 10.6. The van der Waals surface area contributed by atoms with Crippen molar-refractivity contribution in [3.63, 3.8) is 0 Å². The minimum Gasteiger partial charge on any atom is -0.476 e. The van der Waals surface area contributed by atoms with E-state index in [1.54, 1.807) is 4.90 Å². The summed E-state index contributed by atoms with van der Waals surface area (Å²) in [5.74, 6) is 0.657. The molecule has 2 unspecified atom stereocenters. The smallest absolute Gasteiger partial charge is 0.410 e. The number of likely N-dealkylation sites (tertiary alicyclic amines) is 1. The van der Waals surface area contributed by atoms with Gasteiger partial charge in [0.15, 0.2) is 0 Å². The first kappa shape index (κ1) is 24.6. The van der Waals surface area contributed by atoms with E-state index in [2.05, 4.69) is 34.3 Å². The number of nitrogens with zero attached hydrogens (tertiary/aromatic N) is 5.